The summed E-state index contributed by atoms with van der Waals surface area (Å²) in [7, 11) is -3.93. The van der Waals surface area contributed by atoms with Crippen molar-refractivity contribution in [3.8, 4) is 5.75 Å². The van der Waals surface area contributed by atoms with Crippen molar-refractivity contribution in [2.45, 2.75) is 23.8 Å². The number of halogens is 1. The lowest BCUT2D eigenvalue weighted by Gasteiger charge is -2.18. The van der Waals surface area contributed by atoms with Crippen molar-refractivity contribution in [2.24, 2.45) is 0 Å². The van der Waals surface area contributed by atoms with Crippen LogP contribution < -0.4 is 4.74 Å². The van der Waals surface area contributed by atoms with Gasteiger partial charge in [-0.1, -0.05) is 30.4 Å². The highest BCUT2D eigenvalue weighted by Gasteiger charge is 2.22. The second-order valence-electron chi connectivity index (χ2n) is 5.48. The van der Waals surface area contributed by atoms with E-state index in [2.05, 4.69) is 0 Å². The van der Waals surface area contributed by atoms with Crippen LogP contribution in [0.25, 0.3) is 0 Å². The van der Waals surface area contributed by atoms with Gasteiger partial charge in [-0.25, -0.2) is 4.39 Å². The molecule has 1 atom stereocenters. The maximum absolute atomic E-state index is 12.9. The van der Waals surface area contributed by atoms with Crippen LogP contribution in [-0.2, 0) is 14.3 Å². The first kappa shape index (κ1) is 20.1. The van der Waals surface area contributed by atoms with Crippen molar-refractivity contribution in [3.63, 3.8) is 0 Å². The Morgan fingerprint density at radius 2 is 1.73 bits per heavy atom. The molecule has 26 heavy (non-hydrogen) atoms. The average molecular weight is 380 g/mol. The lowest BCUT2D eigenvalue weighted by atomic mass is 10.2. The first-order valence-electron chi connectivity index (χ1n) is 8.14. The molecule has 0 aliphatic carbocycles. The highest BCUT2D eigenvalue weighted by molar-refractivity contribution is 7.86. The molecule has 2 aromatic carbocycles. The molecule has 7 heteroatoms. The van der Waals surface area contributed by atoms with Gasteiger partial charge in [-0.05, 0) is 49.2 Å². The van der Waals surface area contributed by atoms with Gasteiger partial charge in [0.25, 0.3) is 10.1 Å². The Balaban J connectivity index is 2.04. The summed E-state index contributed by atoms with van der Waals surface area (Å²) in [5, 5.41) is 8.77. The zero-order valence-corrected chi connectivity index (χ0v) is 14.9. The van der Waals surface area contributed by atoms with Gasteiger partial charge in [0.1, 0.15) is 24.3 Å². The summed E-state index contributed by atoms with van der Waals surface area (Å²) in [5.41, 5.74) is 0. The van der Waals surface area contributed by atoms with Gasteiger partial charge in [0, 0.05) is 0 Å². The van der Waals surface area contributed by atoms with Gasteiger partial charge in [-0.15, -0.1) is 0 Å². The van der Waals surface area contributed by atoms with E-state index < -0.39 is 16.2 Å². The molecule has 0 saturated heterocycles. The average Bonchev–Trinajstić information content (AvgIpc) is 2.65. The molecule has 0 aliphatic heterocycles. The fourth-order valence-corrected chi connectivity index (χ4v) is 3.29. The minimum absolute atomic E-state index is 0.00926. The molecule has 0 spiro atoms. The van der Waals surface area contributed by atoms with Crippen molar-refractivity contribution in [3.05, 3.63) is 72.6 Å². The van der Waals surface area contributed by atoms with Crippen LogP contribution in [0.2, 0.25) is 0 Å². The van der Waals surface area contributed by atoms with E-state index in [-0.39, 0.29) is 23.9 Å². The summed E-state index contributed by atoms with van der Waals surface area (Å²) in [6, 6.07) is 13.3. The summed E-state index contributed by atoms with van der Waals surface area (Å²) < 4.78 is 48.6. The minimum atomic E-state index is -3.93. The molecule has 1 N–H and O–H groups in total. The number of benzene rings is 2. The van der Waals surface area contributed by atoms with Crippen LogP contribution in [0.4, 0.5) is 4.39 Å². The number of rotatable bonds is 10. The predicted octanol–water partition coefficient (Wildman–Crippen LogP) is 3.31. The fraction of sp³-hybridized carbons (Fsp3) is 0.263. The third-order valence-corrected chi connectivity index (χ3v) is 4.85. The monoisotopic (exact) mass is 380 g/mol. The largest absolute Gasteiger partial charge is 0.491 e. The summed E-state index contributed by atoms with van der Waals surface area (Å²) in [6.45, 7) is -0.0927. The van der Waals surface area contributed by atoms with E-state index in [9.17, 15) is 12.8 Å². The van der Waals surface area contributed by atoms with Crippen LogP contribution in [0.15, 0.2) is 71.6 Å². The van der Waals surface area contributed by atoms with Gasteiger partial charge in [0.05, 0.1) is 11.5 Å². The van der Waals surface area contributed by atoms with Gasteiger partial charge in [0.2, 0.25) is 0 Å². The normalized spacial score (nSPS) is 13.0. The molecule has 2 aromatic rings. The Labute approximate surface area is 152 Å². The number of aliphatic hydroxyl groups excluding tert-OH is 1. The summed E-state index contributed by atoms with van der Waals surface area (Å²) >= 11 is 0. The van der Waals surface area contributed by atoms with Crippen LogP contribution in [0.1, 0.15) is 12.8 Å². The third kappa shape index (κ3) is 6.59. The van der Waals surface area contributed by atoms with Gasteiger partial charge in [-0.3, -0.25) is 4.18 Å². The number of aliphatic hydroxyl groups is 1. The van der Waals surface area contributed by atoms with Crippen LogP contribution >= 0.6 is 0 Å². The van der Waals surface area contributed by atoms with E-state index in [1.807, 2.05) is 0 Å². The molecular weight excluding hydrogens is 359 g/mol. The highest BCUT2D eigenvalue weighted by atomic mass is 32.2. The smallest absolute Gasteiger partial charge is 0.297 e. The van der Waals surface area contributed by atoms with Crippen molar-refractivity contribution in [2.75, 3.05) is 13.2 Å². The van der Waals surface area contributed by atoms with Gasteiger partial charge >= 0.3 is 0 Å². The zero-order valence-electron chi connectivity index (χ0n) is 14.1. The molecule has 0 bridgehead atoms. The van der Waals surface area contributed by atoms with Crippen LogP contribution in [-0.4, -0.2) is 32.8 Å². The van der Waals surface area contributed by atoms with E-state index in [4.69, 9.17) is 14.0 Å². The molecule has 0 saturated carbocycles. The molecule has 0 aromatic heterocycles. The Kier molecular flexibility index (Phi) is 7.77. The SMILES string of the molecule is O=S(=O)(O[C@H](CCC=CCO)COc1ccc(F)cc1)c1ccccc1. The lowest BCUT2D eigenvalue weighted by molar-refractivity contribution is 0.127. The van der Waals surface area contributed by atoms with E-state index in [1.54, 1.807) is 30.4 Å². The summed E-state index contributed by atoms with van der Waals surface area (Å²) in [5.74, 6) is 0.0361. The summed E-state index contributed by atoms with van der Waals surface area (Å²) in [4.78, 5) is 0.0673. The minimum Gasteiger partial charge on any atom is -0.491 e. The Bertz CT molecular complexity index is 788. The van der Waals surface area contributed by atoms with Crippen LogP contribution in [0.3, 0.4) is 0 Å². The van der Waals surface area contributed by atoms with Crippen LogP contribution in [0, 0.1) is 5.82 Å². The van der Waals surface area contributed by atoms with Crippen molar-refractivity contribution < 1.29 is 26.8 Å². The van der Waals surface area contributed by atoms with E-state index >= 15 is 0 Å². The second kappa shape index (κ2) is 10.1. The third-order valence-electron chi connectivity index (χ3n) is 3.47. The molecular formula is C19H21FO5S. The lowest BCUT2D eigenvalue weighted by Crippen LogP contribution is -2.25. The standard InChI is InChI=1S/C19H21FO5S/c20-16-10-12-17(13-11-16)24-15-18(7-3-2-6-14-21)25-26(22,23)19-8-4-1-5-9-19/h1-2,4-6,8-13,18,21H,3,7,14-15H2/t18-/m1/s1. The molecule has 140 valence electrons. The quantitative estimate of drug-likeness (QED) is 0.506. The first-order valence-corrected chi connectivity index (χ1v) is 9.54. The van der Waals surface area contributed by atoms with Crippen molar-refractivity contribution in [1.82, 2.24) is 0 Å². The number of allylic oxidation sites excluding steroid dienone is 1. The maximum Gasteiger partial charge on any atom is 0.297 e. The topological polar surface area (TPSA) is 72.8 Å². The van der Waals surface area contributed by atoms with E-state index in [1.165, 1.54) is 36.4 Å². The Morgan fingerprint density at radius 3 is 2.38 bits per heavy atom. The molecule has 0 amide bonds. The summed E-state index contributed by atoms with van der Waals surface area (Å²) in [6.07, 6.45) is 3.48. The van der Waals surface area contributed by atoms with Gasteiger partial charge in [0.15, 0.2) is 0 Å². The Morgan fingerprint density at radius 1 is 1.04 bits per heavy atom. The Hall–Kier alpha value is -2.22. The molecule has 0 radical (unpaired) electrons. The van der Waals surface area contributed by atoms with Crippen molar-refractivity contribution in [1.29, 1.82) is 0 Å². The van der Waals surface area contributed by atoms with E-state index in [0.29, 0.717) is 18.6 Å². The van der Waals surface area contributed by atoms with E-state index in [0.717, 1.165) is 0 Å². The molecule has 2 rings (SSSR count). The van der Waals surface area contributed by atoms with Crippen molar-refractivity contribution >= 4 is 10.1 Å². The highest BCUT2D eigenvalue weighted by Crippen LogP contribution is 2.18. The molecule has 5 nitrogen and oxygen atoms in total. The van der Waals surface area contributed by atoms with Gasteiger partial charge < -0.3 is 9.84 Å². The maximum atomic E-state index is 12.9. The number of hydrogen-bond donors (Lipinski definition) is 1. The first-order chi connectivity index (χ1) is 12.5. The number of hydrogen-bond acceptors (Lipinski definition) is 5. The van der Waals surface area contributed by atoms with Gasteiger partial charge in [-0.2, -0.15) is 8.42 Å². The number of ether oxygens (including phenoxy) is 1. The fourth-order valence-electron chi connectivity index (χ4n) is 2.18. The predicted molar refractivity (Wildman–Crippen MR) is 95.9 cm³/mol. The molecule has 0 unspecified atom stereocenters. The molecule has 0 fully saturated rings. The molecule has 0 heterocycles. The zero-order chi connectivity index (χ0) is 18.8. The molecule has 0 aliphatic rings. The second-order valence-corrected chi connectivity index (χ2v) is 7.05. The van der Waals surface area contributed by atoms with Crippen LogP contribution in [0.5, 0.6) is 5.75 Å².